The predicted molar refractivity (Wildman–Crippen MR) is 71.8 cm³/mol. The number of carbonyl (C=O) groups excluding carboxylic acids is 2. The highest BCUT2D eigenvalue weighted by Gasteiger charge is 2.32. The predicted octanol–water partition coefficient (Wildman–Crippen LogP) is 2.70. The van der Waals surface area contributed by atoms with E-state index in [1.807, 2.05) is 0 Å². The minimum absolute atomic E-state index is 0.163. The van der Waals surface area contributed by atoms with Crippen molar-refractivity contribution in [2.24, 2.45) is 0 Å². The van der Waals surface area contributed by atoms with E-state index >= 15 is 0 Å². The van der Waals surface area contributed by atoms with Crippen molar-refractivity contribution in [2.75, 3.05) is 0 Å². The number of hydrogen-bond acceptors (Lipinski definition) is 3. The summed E-state index contributed by atoms with van der Waals surface area (Å²) in [6.45, 7) is 0. The fraction of sp³-hybridized carbons (Fsp3) is 0. The fourth-order valence-electron chi connectivity index (χ4n) is 2.16. The van der Waals surface area contributed by atoms with Crippen LogP contribution in [0.1, 0.15) is 21.5 Å². The van der Waals surface area contributed by atoms with Gasteiger partial charge in [-0.15, -0.1) is 0 Å². The number of Topliss-reactive ketones (excluding diaryl/α,β-unsaturated/α-hetero) is 2. The number of fused-ring (bicyclic) bond motifs is 1. The van der Waals surface area contributed by atoms with Crippen LogP contribution in [-0.2, 0) is 4.79 Å². The summed E-state index contributed by atoms with van der Waals surface area (Å²) < 4.78 is 0. The molecule has 3 rings (SSSR count). The first-order chi connectivity index (χ1) is 9.16. The molecule has 0 aliphatic heterocycles. The summed E-state index contributed by atoms with van der Waals surface area (Å²) in [5, 5.41) is 9.23. The molecular formula is C16H10O3. The third kappa shape index (κ3) is 1.85. The van der Waals surface area contributed by atoms with Crippen LogP contribution in [0, 0.1) is 0 Å². The lowest BCUT2D eigenvalue weighted by Gasteiger charge is -1.99. The molecule has 2 aromatic carbocycles. The van der Waals surface area contributed by atoms with Gasteiger partial charge in [-0.05, 0) is 29.3 Å². The highest BCUT2D eigenvalue weighted by Crippen LogP contribution is 2.31. The lowest BCUT2D eigenvalue weighted by molar-refractivity contribution is -0.109. The first kappa shape index (κ1) is 11.4. The van der Waals surface area contributed by atoms with E-state index in [0.29, 0.717) is 16.7 Å². The van der Waals surface area contributed by atoms with E-state index in [2.05, 4.69) is 0 Å². The maximum Gasteiger partial charge on any atom is 0.234 e. The molecule has 0 saturated carbocycles. The average molecular weight is 250 g/mol. The van der Waals surface area contributed by atoms with Gasteiger partial charge in [0.1, 0.15) is 5.75 Å². The summed E-state index contributed by atoms with van der Waals surface area (Å²) in [7, 11) is 0. The summed E-state index contributed by atoms with van der Waals surface area (Å²) in [4.78, 5) is 23.8. The zero-order valence-corrected chi connectivity index (χ0v) is 9.96. The summed E-state index contributed by atoms with van der Waals surface area (Å²) >= 11 is 0. The van der Waals surface area contributed by atoms with Gasteiger partial charge in [-0.2, -0.15) is 0 Å². The molecule has 0 bridgehead atoms. The Labute approximate surface area is 109 Å². The van der Waals surface area contributed by atoms with Gasteiger partial charge in [0.2, 0.25) is 11.6 Å². The molecule has 0 heterocycles. The molecule has 0 saturated heterocycles. The average Bonchev–Trinajstić information content (AvgIpc) is 2.67. The molecule has 1 aliphatic carbocycles. The molecule has 0 atom stereocenters. The topological polar surface area (TPSA) is 54.4 Å². The van der Waals surface area contributed by atoms with Crippen molar-refractivity contribution in [1.29, 1.82) is 0 Å². The monoisotopic (exact) mass is 250 g/mol. The van der Waals surface area contributed by atoms with Crippen molar-refractivity contribution in [3.63, 3.8) is 0 Å². The molecule has 0 spiro atoms. The minimum atomic E-state index is -0.478. The minimum Gasteiger partial charge on any atom is -0.508 e. The smallest absolute Gasteiger partial charge is 0.234 e. The Morgan fingerprint density at radius 2 is 1.42 bits per heavy atom. The van der Waals surface area contributed by atoms with Crippen LogP contribution in [0.15, 0.2) is 48.5 Å². The molecule has 0 unspecified atom stereocenters. The summed E-state index contributed by atoms with van der Waals surface area (Å²) in [5.74, 6) is -0.772. The lowest BCUT2D eigenvalue weighted by Crippen LogP contribution is -2.05. The zero-order valence-electron chi connectivity index (χ0n) is 9.96. The van der Waals surface area contributed by atoms with Gasteiger partial charge in [0, 0.05) is 11.1 Å². The third-order valence-electron chi connectivity index (χ3n) is 3.12. The zero-order chi connectivity index (χ0) is 13.4. The molecule has 92 valence electrons. The molecule has 2 aromatic rings. The third-order valence-corrected chi connectivity index (χ3v) is 3.12. The second-order valence-corrected chi connectivity index (χ2v) is 4.35. The Bertz CT molecular complexity index is 709. The van der Waals surface area contributed by atoms with Gasteiger partial charge in [-0.1, -0.05) is 36.4 Å². The van der Waals surface area contributed by atoms with Crippen molar-refractivity contribution in [1.82, 2.24) is 0 Å². The summed E-state index contributed by atoms with van der Waals surface area (Å²) in [6.07, 6.45) is 1.67. The number of phenols is 1. The fourth-order valence-corrected chi connectivity index (χ4v) is 2.16. The highest BCUT2D eigenvalue weighted by atomic mass is 16.3. The van der Waals surface area contributed by atoms with E-state index in [1.54, 1.807) is 54.6 Å². The van der Waals surface area contributed by atoms with Crippen molar-refractivity contribution in [3.05, 3.63) is 65.2 Å². The Kier molecular flexibility index (Phi) is 2.53. The molecule has 0 fully saturated rings. The number of aromatic hydroxyl groups is 1. The SMILES string of the molecule is O=C1C(=O)c2ccccc2C1=Cc1ccc(O)cc1. The first-order valence-electron chi connectivity index (χ1n) is 5.86. The van der Waals surface area contributed by atoms with E-state index in [1.165, 1.54) is 0 Å². The number of hydrogen-bond donors (Lipinski definition) is 1. The van der Waals surface area contributed by atoms with Crippen LogP contribution in [0.3, 0.4) is 0 Å². The molecule has 1 N–H and O–H groups in total. The van der Waals surface area contributed by atoms with Crippen LogP contribution in [0.4, 0.5) is 0 Å². The summed E-state index contributed by atoms with van der Waals surface area (Å²) in [6, 6.07) is 13.4. The van der Waals surface area contributed by atoms with Gasteiger partial charge in [0.05, 0.1) is 0 Å². The van der Waals surface area contributed by atoms with Gasteiger partial charge in [0.25, 0.3) is 0 Å². The molecule has 1 aliphatic rings. The quantitative estimate of drug-likeness (QED) is 0.625. The molecule has 3 heteroatoms. The maximum absolute atomic E-state index is 12.0. The van der Waals surface area contributed by atoms with Gasteiger partial charge in [0.15, 0.2) is 0 Å². The number of ketones is 2. The Balaban J connectivity index is 2.13. The molecule has 3 nitrogen and oxygen atoms in total. The Morgan fingerprint density at radius 1 is 0.789 bits per heavy atom. The van der Waals surface area contributed by atoms with Crippen molar-refractivity contribution in [3.8, 4) is 5.75 Å². The standard InChI is InChI=1S/C16H10O3/c17-11-7-5-10(6-8-11)9-14-12-3-1-2-4-13(12)15(18)16(14)19/h1-9,17H. The van der Waals surface area contributed by atoms with Crippen LogP contribution in [0.5, 0.6) is 5.75 Å². The van der Waals surface area contributed by atoms with Crippen molar-refractivity contribution < 1.29 is 14.7 Å². The second kappa shape index (κ2) is 4.21. The number of allylic oxidation sites excluding steroid dienone is 1. The number of rotatable bonds is 1. The molecular weight excluding hydrogens is 240 g/mol. The number of phenolic OH excluding ortho intramolecular Hbond substituents is 1. The van der Waals surface area contributed by atoms with Crippen LogP contribution in [-0.4, -0.2) is 16.7 Å². The van der Waals surface area contributed by atoms with Gasteiger partial charge >= 0.3 is 0 Å². The van der Waals surface area contributed by atoms with E-state index in [9.17, 15) is 14.7 Å². The molecule has 19 heavy (non-hydrogen) atoms. The van der Waals surface area contributed by atoms with Crippen LogP contribution < -0.4 is 0 Å². The van der Waals surface area contributed by atoms with E-state index in [4.69, 9.17) is 0 Å². The largest absolute Gasteiger partial charge is 0.508 e. The number of benzene rings is 2. The van der Waals surface area contributed by atoms with Gasteiger partial charge in [-0.3, -0.25) is 9.59 Å². The maximum atomic E-state index is 12.0. The summed E-state index contributed by atoms with van der Waals surface area (Å²) in [5.41, 5.74) is 2.31. The highest BCUT2D eigenvalue weighted by molar-refractivity contribution is 6.64. The molecule has 0 amide bonds. The van der Waals surface area contributed by atoms with E-state index in [-0.39, 0.29) is 5.75 Å². The van der Waals surface area contributed by atoms with Crippen molar-refractivity contribution >= 4 is 23.2 Å². The normalized spacial score (nSPS) is 15.9. The Hall–Kier alpha value is -2.68. The second-order valence-electron chi connectivity index (χ2n) is 4.35. The Morgan fingerprint density at radius 3 is 2.11 bits per heavy atom. The van der Waals surface area contributed by atoms with E-state index < -0.39 is 11.6 Å². The van der Waals surface area contributed by atoms with E-state index in [0.717, 1.165) is 5.56 Å². The van der Waals surface area contributed by atoms with Gasteiger partial charge in [-0.25, -0.2) is 0 Å². The van der Waals surface area contributed by atoms with Crippen LogP contribution in [0.2, 0.25) is 0 Å². The van der Waals surface area contributed by atoms with Crippen molar-refractivity contribution in [2.45, 2.75) is 0 Å². The molecule has 0 aromatic heterocycles. The van der Waals surface area contributed by atoms with Gasteiger partial charge < -0.3 is 5.11 Å². The first-order valence-corrected chi connectivity index (χ1v) is 5.86. The van der Waals surface area contributed by atoms with Crippen LogP contribution >= 0.6 is 0 Å². The lowest BCUT2D eigenvalue weighted by atomic mass is 10.0. The molecule has 0 radical (unpaired) electrons. The number of carbonyl (C=O) groups is 2. The van der Waals surface area contributed by atoms with Crippen LogP contribution in [0.25, 0.3) is 11.6 Å².